The van der Waals surface area contributed by atoms with E-state index < -0.39 is 5.54 Å². The molecule has 0 radical (unpaired) electrons. The first-order valence-corrected chi connectivity index (χ1v) is 9.83. The Hall–Kier alpha value is -0.650. The fourth-order valence-corrected chi connectivity index (χ4v) is 4.89. The summed E-state index contributed by atoms with van der Waals surface area (Å²) in [7, 11) is 2.22. The zero-order valence-corrected chi connectivity index (χ0v) is 15.5. The van der Waals surface area contributed by atoms with Crippen molar-refractivity contribution in [1.82, 2.24) is 9.80 Å². The second-order valence-corrected chi connectivity index (χ2v) is 8.44. The molecule has 0 unspecified atom stereocenters. The van der Waals surface area contributed by atoms with Crippen LogP contribution in [0.25, 0.3) is 0 Å². The van der Waals surface area contributed by atoms with Gasteiger partial charge in [0.25, 0.3) is 0 Å². The minimum Gasteiger partial charge on any atom is -0.381 e. The molecule has 0 aromatic carbocycles. The quantitative estimate of drug-likeness (QED) is 0.852. The van der Waals surface area contributed by atoms with Crippen LogP contribution in [0.15, 0.2) is 0 Å². The lowest BCUT2D eigenvalue weighted by atomic mass is 9.77. The van der Waals surface area contributed by atoms with Gasteiger partial charge in [0, 0.05) is 26.3 Å². The van der Waals surface area contributed by atoms with E-state index in [1.165, 1.54) is 25.9 Å². The number of ether oxygens (including phenoxy) is 1. The molecule has 24 heavy (non-hydrogen) atoms. The zero-order valence-electron chi connectivity index (χ0n) is 15.5. The highest BCUT2D eigenvalue weighted by Crippen LogP contribution is 2.34. The first-order valence-electron chi connectivity index (χ1n) is 9.83. The fourth-order valence-electron chi connectivity index (χ4n) is 4.89. The highest BCUT2D eigenvalue weighted by atomic mass is 16.5. The molecule has 3 saturated heterocycles. The average Bonchev–Trinajstić information content (AvgIpc) is 2.62. The Morgan fingerprint density at radius 3 is 2.00 bits per heavy atom. The molecule has 3 rings (SSSR count). The molecule has 138 valence electrons. The Bertz CT molecular complexity index is 418. The van der Waals surface area contributed by atoms with Gasteiger partial charge >= 0.3 is 0 Å². The van der Waals surface area contributed by atoms with Crippen LogP contribution in [0.1, 0.15) is 45.4 Å². The SMILES string of the molecule is CN1CCC(C2CCN(C(=O)[C@](C)(N)C3CCOCC3)CC2)CC1. The van der Waals surface area contributed by atoms with E-state index in [-0.39, 0.29) is 11.8 Å². The molecule has 0 spiro atoms. The van der Waals surface area contributed by atoms with Crippen molar-refractivity contribution in [3.8, 4) is 0 Å². The molecule has 3 aliphatic rings. The van der Waals surface area contributed by atoms with Crippen LogP contribution in [0.4, 0.5) is 0 Å². The lowest BCUT2D eigenvalue weighted by Crippen LogP contribution is -2.60. The Morgan fingerprint density at radius 1 is 0.958 bits per heavy atom. The number of piperidine rings is 2. The van der Waals surface area contributed by atoms with Gasteiger partial charge in [-0.15, -0.1) is 0 Å². The predicted molar refractivity (Wildman–Crippen MR) is 95.7 cm³/mol. The van der Waals surface area contributed by atoms with Crippen molar-refractivity contribution >= 4 is 5.91 Å². The molecule has 0 aromatic rings. The lowest BCUT2D eigenvalue weighted by Gasteiger charge is -2.43. The molecule has 5 heteroatoms. The van der Waals surface area contributed by atoms with Crippen molar-refractivity contribution in [2.75, 3.05) is 46.4 Å². The van der Waals surface area contributed by atoms with Crippen LogP contribution in [0, 0.1) is 17.8 Å². The van der Waals surface area contributed by atoms with Crippen molar-refractivity contribution in [3.63, 3.8) is 0 Å². The second kappa shape index (κ2) is 7.71. The Balaban J connectivity index is 1.51. The van der Waals surface area contributed by atoms with Crippen molar-refractivity contribution in [2.45, 2.75) is 51.0 Å². The van der Waals surface area contributed by atoms with Crippen LogP contribution in [-0.2, 0) is 9.53 Å². The van der Waals surface area contributed by atoms with E-state index in [0.717, 1.165) is 63.8 Å². The van der Waals surface area contributed by atoms with E-state index in [4.69, 9.17) is 10.5 Å². The maximum absolute atomic E-state index is 13.0. The maximum Gasteiger partial charge on any atom is 0.242 e. The number of hydrogen-bond acceptors (Lipinski definition) is 4. The third-order valence-electron chi connectivity index (χ3n) is 6.79. The topological polar surface area (TPSA) is 58.8 Å². The maximum atomic E-state index is 13.0. The molecule has 3 aliphatic heterocycles. The van der Waals surface area contributed by atoms with Gasteiger partial charge in [0.2, 0.25) is 5.91 Å². The largest absolute Gasteiger partial charge is 0.381 e. The lowest BCUT2D eigenvalue weighted by molar-refractivity contribution is -0.141. The van der Waals surface area contributed by atoms with E-state index in [9.17, 15) is 4.79 Å². The van der Waals surface area contributed by atoms with Gasteiger partial charge in [-0.25, -0.2) is 0 Å². The summed E-state index contributed by atoms with van der Waals surface area (Å²) in [6, 6.07) is 0. The zero-order chi connectivity index (χ0) is 17.2. The average molecular weight is 338 g/mol. The normalized spacial score (nSPS) is 28.7. The Morgan fingerprint density at radius 2 is 1.46 bits per heavy atom. The summed E-state index contributed by atoms with van der Waals surface area (Å²) in [5.41, 5.74) is 5.77. The second-order valence-electron chi connectivity index (χ2n) is 8.44. The van der Waals surface area contributed by atoms with Crippen LogP contribution in [-0.4, -0.2) is 67.7 Å². The predicted octanol–water partition coefficient (Wildman–Crippen LogP) is 1.71. The minimum absolute atomic E-state index is 0.163. The van der Waals surface area contributed by atoms with Crippen LogP contribution in [0.3, 0.4) is 0 Å². The van der Waals surface area contributed by atoms with Gasteiger partial charge in [0.15, 0.2) is 0 Å². The highest BCUT2D eigenvalue weighted by Gasteiger charge is 2.42. The van der Waals surface area contributed by atoms with Gasteiger partial charge in [0.1, 0.15) is 0 Å². The van der Waals surface area contributed by atoms with Gasteiger partial charge in [-0.2, -0.15) is 0 Å². The van der Waals surface area contributed by atoms with Crippen LogP contribution in [0.2, 0.25) is 0 Å². The summed E-state index contributed by atoms with van der Waals surface area (Å²) in [4.78, 5) is 17.5. The summed E-state index contributed by atoms with van der Waals surface area (Å²) in [5.74, 6) is 2.08. The summed E-state index contributed by atoms with van der Waals surface area (Å²) in [5, 5.41) is 0. The van der Waals surface area contributed by atoms with E-state index in [2.05, 4.69) is 11.9 Å². The molecule has 0 aliphatic carbocycles. The first-order chi connectivity index (χ1) is 11.5. The number of carbonyl (C=O) groups is 1. The molecule has 3 heterocycles. The third-order valence-corrected chi connectivity index (χ3v) is 6.79. The fraction of sp³-hybridized carbons (Fsp3) is 0.947. The molecule has 5 nitrogen and oxygen atoms in total. The number of rotatable bonds is 3. The molecule has 1 atom stereocenters. The van der Waals surface area contributed by atoms with E-state index in [1.54, 1.807) is 0 Å². The third kappa shape index (κ3) is 3.94. The van der Waals surface area contributed by atoms with Gasteiger partial charge in [-0.05, 0) is 83.3 Å². The van der Waals surface area contributed by atoms with E-state index >= 15 is 0 Å². The van der Waals surface area contributed by atoms with Crippen molar-refractivity contribution in [2.24, 2.45) is 23.5 Å². The summed E-state index contributed by atoms with van der Waals surface area (Å²) in [6.45, 7) is 7.67. The summed E-state index contributed by atoms with van der Waals surface area (Å²) < 4.78 is 5.42. The number of nitrogens with two attached hydrogens (primary N) is 1. The number of nitrogens with zero attached hydrogens (tertiary/aromatic N) is 2. The summed E-state index contributed by atoms with van der Waals surface area (Å²) >= 11 is 0. The Labute approximate surface area is 146 Å². The van der Waals surface area contributed by atoms with Gasteiger partial charge in [0.05, 0.1) is 5.54 Å². The molecule has 3 fully saturated rings. The van der Waals surface area contributed by atoms with Crippen LogP contribution >= 0.6 is 0 Å². The van der Waals surface area contributed by atoms with Crippen molar-refractivity contribution in [1.29, 1.82) is 0 Å². The summed E-state index contributed by atoms with van der Waals surface area (Å²) in [6.07, 6.45) is 6.78. The molecule has 0 aromatic heterocycles. The minimum atomic E-state index is -0.732. The van der Waals surface area contributed by atoms with E-state index in [1.807, 2.05) is 11.8 Å². The molecule has 0 bridgehead atoms. The highest BCUT2D eigenvalue weighted by molar-refractivity contribution is 5.86. The Kier molecular flexibility index (Phi) is 5.83. The molecular formula is C19H35N3O2. The van der Waals surface area contributed by atoms with Crippen LogP contribution in [0.5, 0.6) is 0 Å². The van der Waals surface area contributed by atoms with E-state index in [0.29, 0.717) is 0 Å². The number of carbonyl (C=O) groups excluding carboxylic acids is 1. The first kappa shape index (κ1) is 18.2. The van der Waals surface area contributed by atoms with Gasteiger partial charge < -0.3 is 20.3 Å². The number of hydrogen-bond donors (Lipinski definition) is 1. The number of amides is 1. The molecule has 1 amide bonds. The number of likely N-dealkylation sites (tertiary alicyclic amines) is 2. The van der Waals surface area contributed by atoms with Gasteiger partial charge in [-0.3, -0.25) is 4.79 Å². The smallest absolute Gasteiger partial charge is 0.242 e. The molecule has 2 N–H and O–H groups in total. The monoisotopic (exact) mass is 337 g/mol. The van der Waals surface area contributed by atoms with Crippen molar-refractivity contribution < 1.29 is 9.53 Å². The van der Waals surface area contributed by atoms with Crippen LogP contribution < -0.4 is 5.73 Å². The van der Waals surface area contributed by atoms with Crippen molar-refractivity contribution in [3.05, 3.63) is 0 Å². The van der Waals surface area contributed by atoms with Gasteiger partial charge in [-0.1, -0.05) is 0 Å². The standard InChI is InChI=1S/C19H35N3O2/c1-19(20,17-7-13-24-14-8-17)18(23)22-11-5-16(6-12-22)15-3-9-21(2)10-4-15/h15-17H,3-14,20H2,1-2H3/t19-/m1/s1. The molecule has 0 saturated carbocycles. The molecular weight excluding hydrogens is 302 g/mol.